The summed E-state index contributed by atoms with van der Waals surface area (Å²) in [4.78, 5) is 2.45. The molecular formula is C17H31N. The highest BCUT2D eigenvalue weighted by atomic mass is 15.1. The first-order valence-electron chi connectivity index (χ1n) is 7.44. The van der Waals surface area contributed by atoms with Crippen molar-refractivity contribution in [3.63, 3.8) is 0 Å². The fraction of sp³-hybridized carbons (Fsp3) is 0.647. The monoisotopic (exact) mass is 249 g/mol. The second kappa shape index (κ2) is 10.1. The minimum atomic E-state index is 0.571. The number of benzene rings is 1. The number of hydrogen-bond acceptors (Lipinski definition) is 1. The lowest BCUT2D eigenvalue weighted by atomic mass is 9.93. The smallest absolute Gasteiger partial charge is 0.0347 e. The Bertz CT molecular complexity index is 281. The molecule has 0 saturated heterocycles. The molecule has 0 aliphatic rings. The highest BCUT2D eigenvalue weighted by Gasteiger charge is 2.17. The third-order valence-electron chi connectivity index (χ3n) is 3.54. The van der Waals surface area contributed by atoms with E-state index in [2.05, 4.69) is 63.1 Å². The van der Waals surface area contributed by atoms with Crippen LogP contribution in [0.25, 0.3) is 0 Å². The van der Waals surface area contributed by atoms with Crippen LogP contribution in [-0.2, 0) is 0 Å². The van der Waals surface area contributed by atoms with Gasteiger partial charge < -0.3 is 0 Å². The molecule has 0 bridgehead atoms. The van der Waals surface area contributed by atoms with Gasteiger partial charge in [0, 0.05) is 6.04 Å². The maximum atomic E-state index is 2.45. The molecule has 1 heteroatoms. The van der Waals surface area contributed by atoms with E-state index in [9.17, 15) is 0 Å². The van der Waals surface area contributed by atoms with Crippen LogP contribution >= 0.6 is 0 Å². The third-order valence-corrected chi connectivity index (χ3v) is 3.54. The van der Waals surface area contributed by atoms with Crippen molar-refractivity contribution >= 4 is 0 Å². The van der Waals surface area contributed by atoms with Gasteiger partial charge in [-0.2, -0.15) is 0 Å². The van der Waals surface area contributed by atoms with Crippen LogP contribution in [0.1, 0.15) is 59.1 Å². The van der Waals surface area contributed by atoms with E-state index in [0.717, 1.165) is 12.5 Å². The molecule has 0 N–H and O–H groups in total. The zero-order valence-corrected chi connectivity index (χ0v) is 13.1. The van der Waals surface area contributed by atoms with Crippen LogP contribution in [0.15, 0.2) is 30.3 Å². The number of nitrogens with zero attached hydrogens (tertiary/aromatic N) is 1. The van der Waals surface area contributed by atoms with Gasteiger partial charge >= 0.3 is 0 Å². The SMILES string of the molecule is CC.CCC(C)CC(c1ccccc1)N(C)CC. The van der Waals surface area contributed by atoms with E-state index >= 15 is 0 Å². The molecule has 0 saturated carbocycles. The van der Waals surface area contributed by atoms with E-state index in [1.807, 2.05) is 13.8 Å². The molecule has 0 radical (unpaired) electrons. The molecule has 0 spiro atoms. The highest BCUT2D eigenvalue weighted by Crippen LogP contribution is 2.27. The van der Waals surface area contributed by atoms with Gasteiger partial charge in [-0.1, -0.05) is 71.4 Å². The van der Waals surface area contributed by atoms with Gasteiger partial charge in [0.15, 0.2) is 0 Å². The lowest BCUT2D eigenvalue weighted by Crippen LogP contribution is -2.25. The molecule has 1 rings (SSSR count). The van der Waals surface area contributed by atoms with Crippen LogP contribution in [0.5, 0.6) is 0 Å². The summed E-state index contributed by atoms with van der Waals surface area (Å²) in [5, 5.41) is 0. The molecule has 0 heterocycles. The Morgan fingerprint density at radius 2 is 1.61 bits per heavy atom. The standard InChI is InChI=1S/C15H25N.C2H6/c1-5-13(3)12-15(16(4)6-2)14-10-8-7-9-11-14;1-2/h7-11,13,15H,5-6,12H2,1-4H3;1-2H3. The minimum Gasteiger partial charge on any atom is -0.300 e. The predicted molar refractivity (Wildman–Crippen MR) is 82.9 cm³/mol. The summed E-state index contributed by atoms with van der Waals surface area (Å²) >= 11 is 0. The van der Waals surface area contributed by atoms with Crippen molar-refractivity contribution in [2.45, 2.75) is 53.5 Å². The molecule has 104 valence electrons. The van der Waals surface area contributed by atoms with Crippen molar-refractivity contribution in [3.05, 3.63) is 35.9 Å². The summed E-state index contributed by atoms with van der Waals surface area (Å²) in [6, 6.07) is 11.4. The van der Waals surface area contributed by atoms with Crippen molar-refractivity contribution in [2.24, 2.45) is 5.92 Å². The van der Waals surface area contributed by atoms with E-state index in [4.69, 9.17) is 0 Å². The average molecular weight is 249 g/mol. The molecule has 0 fully saturated rings. The van der Waals surface area contributed by atoms with Crippen LogP contribution in [0.2, 0.25) is 0 Å². The van der Waals surface area contributed by atoms with Gasteiger partial charge in [0.05, 0.1) is 0 Å². The molecule has 0 amide bonds. The summed E-state index contributed by atoms with van der Waals surface area (Å²) < 4.78 is 0. The molecular weight excluding hydrogens is 218 g/mol. The van der Waals surface area contributed by atoms with Crippen molar-refractivity contribution < 1.29 is 0 Å². The van der Waals surface area contributed by atoms with E-state index < -0.39 is 0 Å². The second-order valence-electron chi connectivity index (χ2n) is 4.75. The van der Waals surface area contributed by atoms with Crippen molar-refractivity contribution in [2.75, 3.05) is 13.6 Å². The maximum Gasteiger partial charge on any atom is 0.0347 e. The van der Waals surface area contributed by atoms with Gasteiger partial charge in [-0.3, -0.25) is 4.90 Å². The molecule has 2 unspecified atom stereocenters. The molecule has 0 aromatic heterocycles. The summed E-state index contributed by atoms with van der Waals surface area (Å²) in [5.74, 6) is 0.791. The highest BCUT2D eigenvalue weighted by molar-refractivity contribution is 5.19. The average Bonchev–Trinajstić information content (AvgIpc) is 2.46. The van der Waals surface area contributed by atoms with E-state index in [1.165, 1.54) is 18.4 Å². The van der Waals surface area contributed by atoms with Gasteiger partial charge in [-0.05, 0) is 31.5 Å². The largest absolute Gasteiger partial charge is 0.300 e. The summed E-state index contributed by atoms with van der Waals surface area (Å²) in [7, 11) is 2.22. The Morgan fingerprint density at radius 3 is 2.06 bits per heavy atom. The minimum absolute atomic E-state index is 0.571. The number of hydrogen-bond donors (Lipinski definition) is 0. The maximum absolute atomic E-state index is 2.45. The first kappa shape index (κ1) is 17.2. The van der Waals surface area contributed by atoms with Crippen molar-refractivity contribution in [1.29, 1.82) is 0 Å². The van der Waals surface area contributed by atoms with Crippen molar-refractivity contribution in [3.8, 4) is 0 Å². The molecule has 2 atom stereocenters. The van der Waals surface area contributed by atoms with Crippen LogP contribution in [-0.4, -0.2) is 18.5 Å². The predicted octanol–water partition coefficient (Wildman–Crippen LogP) is 5.14. The van der Waals surface area contributed by atoms with Gasteiger partial charge in [0.2, 0.25) is 0 Å². The Hall–Kier alpha value is -0.820. The first-order valence-corrected chi connectivity index (χ1v) is 7.44. The quantitative estimate of drug-likeness (QED) is 0.674. The van der Waals surface area contributed by atoms with Gasteiger partial charge in [0.1, 0.15) is 0 Å². The van der Waals surface area contributed by atoms with Crippen LogP contribution in [0.4, 0.5) is 0 Å². The Kier molecular flexibility index (Phi) is 9.67. The van der Waals surface area contributed by atoms with Gasteiger partial charge in [0.25, 0.3) is 0 Å². The van der Waals surface area contributed by atoms with Crippen LogP contribution in [0.3, 0.4) is 0 Å². The molecule has 0 aliphatic heterocycles. The summed E-state index contributed by atoms with van der Waals surface area (Å²) in [5.41, 5.74) is 1.45. The zero-order valence-electron chi connectivity index (χ0n) is 13.1. The third kappa shape index (κ3) is 5.68. The second-order valence-corrected chi connectivity index (χ2v) is 4.75. The van der Waals surface area contributed by atoms with E-state index in [0.29, 0.717) is 6.04 Å². The summed E-state index contributed by atoms with van der Waals surface area (Å²) in [6.45, 7) is 12.0. The Balaban J connectivity index is 0.00000137. The lowest BCUT2D eigenvalue weighted by molar-refractivity contribution is 0.219. The molecule has 1 nitrogen and oxygen atoms in total. The zero-order chi connectivity index (χ0) is 14.0. The normalized spacial score (nSPS) is 13.7. The molecule has 0 aliphatic carbocycles. The number of rotatable bonds is 6. The van der Waals surface area contributed by atoms with E-state index in [1.54, 1.807) is 0 Å². The fourth-order valence-corrected chi connectivity index (χ4v) is 2.01. The van der Waals surface area contributed by atoms with Gasteiger partial charge in [-0.15, -0.1) is 0 Å². The van der Waals surface area contributed by atoms with Gasteiger partial charge in [-0.25, -0.2) is 0 Å². The Labute approximate surface area is 114 Å². The lowest BCUT2D eigenvalue weighted by Gasteiger charge is -2.29. The Morgan fingerprint density at radius 1 is 1.06 bits per heavy atom. The molecule has 18 heavy (non-hydrogen) atoms. The first-order chi connectivity index (χ1) is 8.69. The van der Waals surface area contributed by atoms with Crippen molar-refractivity contribution in [1.82, 2.24) is 4.90 Å². The molecule has 1 aromatic carbocycles. The summed E-state index contributed by atoms with van der Waals surface area (Å²) in [6.07, 6.45) is 2.52. The topological polar surface area (TPSA) is 3.24 Å². The van der Waals surface area contributed by atoms with E-state index in [-0.39, 0.29) is 0 Å². The molecule has 1 aromatic rings. The van der Waals surface area contributed by atoms with Crippen LogP contribution < -0.4 is 0 Å². The van der Waals surface area contributed by atoms with Crippen LogP contribution in [0, 0.1) is 5.92 Å². The fourth-order valence-electron chi connectivity index (χ4n) is 2.01.